The van der Waals surface area contributed by atoms with Crippen LogP contribution in [0.25, 0.3) is 11.1 Å². The van der Waals surface area contributed by atoms with Gasteiger partial charge in [0.05, 0.1) is 0 Å². The predicted molar refractivity (Wildman–Crippen MR) is 117 cm³/mol. The highest BCUT2D eigenvalue weighted by Crippen LogP contribution is 2.44. The maximum atomic E-state index is 13.0. The zero-order valence-corrected chi connectivity index (χ0v) is 17.0. The smallest absolute Gasteiger partial charge is 0.410 e. The first-order chi connectivity index (χ1) is 15.1. The lowest BCUT2D eigenvalue weighted by molar-refractivity contribution is -0.141. The summed E-state index contributed by atoms with van der Waals surface area (Å²) >= 11 is 0. The van der Waals surface area contributed by atoms with Crippen LogP contribution in [-0.4, -0.2) is 41.3 Å². The van der Waals surface area contributed by atoms with Gasteiger partial charge in [-0.05, 0) is 34.2 Å². The van der Waals surface area contributed by atoms with Crippen molar-refractivity contribution < 1.29 is 19.4 Å². The third kappa shape index (κ3) is 3.46. The Bertz CT molecular complexity index is 1080. The zero-order chi connectivity index (χ0) is 21.4. The molecule has 0 saturated carbocycles. The highest BCUT2D eigenvalue weighted by Gasteiger charge is 2.41. The number of ether oxygens (including phenoxy) is 1. The molecule has 1 saturated heterocycles. The third-order valence-electron chi connectivity index (χ3n) is 6.43. The van der Waals surface area contributed by atoms with Gasteiger partial charge in [0.15, 0.2) is 0 Å². The molecule has 0 bridgehead atoms. The Kier molecular flexibility index (Phi) is 4.94. The SMILES string of the molecule is O=C(O)[C@@H]1CC(c2ccccc2)CN1C(=O)OCC1c2ccccc2-c2ccccc21. The number of likely N-dealkylation sites (tertiary alicyclic amines) is 1. The second-order valence-electron chi connectivity index (χ2n) is 8.15. The largest absolute Gasteiger partial charge is 0.480 e. The Morgan fingerprint density at radius 3 is 2.06 bits per heavy atom. The number of amides is 1. The van der Waals surface area contributed by atoms with E-state index in [0.29, 0.717) is 13.0 Å². The van der Waals surface area contributed by atoms with Gasteiger partial charge in [0.2, 0.25) is 0 Å². The first-order valence-electron chi connectivity index (χ1n) is 10.5. The van der Waals surface area contributed by atoms with E-state index in [0.717, 1.165) is 27.8 Å². The van der Waals surface area contributed by atoms with Crippen molar-refractivity contribution in [2.24, 2.45) is 0 Å². The van der Waals surface area contributed by atoms with Crippen LogP contribution in [-0.2, 0) is 9.53 Å². The van der Waals surface area contributed by atoms with Gasteiger partial charge >= 0.3 is 12.1 Å². The summed E-state index contributed by atoms with van der Waals surface area (Å²) in [6.45, 7) is 0.531. The first kappa shape index (κ1) is 19.4. The van der Waals surface area contributed by atoms with Crippen LogP contribution in [0, 0.1) is 0 Å². The van der Waals surface area contributed by atoms with E-state index < -0.39 is 18.1 Å². The summed E-state index contributed by atoms with van der Waals surface area (Å²) in [6, 6.07) is 25.2. The quantitative estimate of drug-likeness (QED) is 0.662. The summed E-state index contributed by atoms with van der Waals surface area (Å²) in [5.41, 5.74) is 5.63. The minimum Gasteiger partial charge on any atom is -0.480 e. The lowest BCUT2D eigenvalue weighted by Crippen LogP contribution is -2.41. The highest BCUT2D eigenvalue weighted by atomic mass is 16.6. The average Bonchev–Trinajstić information content (AvgIpc) is 3.39. The number of nitrogens with zero attached hydrogens (tertiary/aromatic N) is 1. The van der Waals surface area contributed by atoms with Crippen LogP contribution in [0.3, 0.4) is 0 Å². The Balaban J connectivity index is 1.34. The van der Waals surface area contributed by atoms with Crippen molar-refractivity contribution in [3.63, 3.8) is 0 Å². The van der Waals surface area contributed by atoms with Gasteiger partial charge in [-0.3, -0.25) is 4.90 Å². The Morgan fingerprint density at radius 2 is 1.45 bits per heavy atom. The summed E-state index contributed by atoms with van der Waals surface area (Å²) in [7, 11) is 0. The summed E-state index contributed by atoms with van der Waals surface area (Å²) < 4.78 is 5.71. The Hall–Kier alpha value is -3.60. The molecule has 1 heterocycles. The molecule has 5 nitrogen and oxygen atoms in total. The van der Waals surface area contributed by atoms with Gasteiger partial charge in [-0.15, -0.1) is 0 Å². The normalized spacial score (nSPS) is 19.7. The minimum atomic E-state index is -0.994. The van der Waals surface area contributed by atoms with E-state index in [9.17, 15) is 14.7 Å². The number of hydrogen-bond donors (Lipinski definition) is 1. The number of carboxylic acids is 1. The summed E-state index contributed by atoms with van der Waals surface area (Å²) in [4.78, 5) is 26.2. The fraction of sp³-hybridized carbons (Fsp3) is 0.231. The van der Waals surface area contributed by atoms with Gasteiger partial charge in [-0.1, -0.05) is 78.9 Å². The topological polar surface area (TPSA) is 66.8 Å². The Labute approximate surface area is 180 Å². The van der Waals surface area contributed by atoms with Crippen molar-refractivity contribution >= 4 is 12.1 Å². The number of aliphatic carboxylic acids is 1. The van der Waals surface area contributed by atoms with Gasteiger partial charge in [-0.2, -0.15) is 0 Å². The van der Waals surface area contributed by atoms with Crippen molar-refractivity contribution in [1.29, 1.82) is 0 Å². The van der Waals surface area contributed by atoms with Crippen molar-refractivity contribution in [2.75, 3.05) is 13.2 Å². The number of carboxylic acid groups (broad SMARTS) is 1. The number of carbonyl (C=O) groups excluding carboxylic acids is 1. The highest BCUT2D eigenvalue weighted by molar-refractivity contribution is 5.82. The van der Waals surface area contributed by atoms with Crippen LogP contribution >= 0.6 is 0 Å². The summed E-state index contributed by atoms with van der Waals surface area (Å²) in [5, 5.41) is 9.69. The fourth-order valence-electron chi connectivity index (χ4n) is 4.92. The average molecular weight is 413 g/mol. The number of benzene rings is 3. The zero-order valence-electron chi connectivity index (χ0n) is 17.0. The van der Waals surface area contributed by atoms with Crippen LogP contribution in [0.1, 0.15) is 34.9 Å². The molecule has 3 aromatic carbocycles. The maximum absolute atomic E-state index is 13.0. The third-order valence-corrected chi connectivity index (χ3v) is 6.43. The van der Waals surface area contributed by atoms with Crippen LogP contribution in [0.15, 0.2) is 78.9 Å². The van der Waals surface area contributed by atoms with Crippen LogP contribution in [0.5, 0.6) is 0 Å². The molecule has 1 aliphatic heterocycles. The molecule has 0 radical (unpaired) electrons. The fourth-order valence-corrected chi connectivity index (χ4v) is 4.92. The molecule has 31 heavy (non-hydrogen) atoms. The first-order valence-corrected chi connectivity index (χ1v) is 10.5. The molecule has 1 amide bonds. The van der Waals surface area contributed by atoms with Crippen molar-refractivity contribution in [1.82, 2.24) is 4.90 Å². The van der Waals surface area contributed by atoms with Crippen LogP contribution < -0.4 is 0 Å². The van der Waals surface area contributed by atoms with Gasteiger partial charge in [0.25, 0.3) is 0 Å². The van der Waals surface area contributed by atoms with Crippen molar-refractivity contribution in [3.05, 3.63) is 95.6 Å². The predicted octanol–water partition coefficient (Wildman–Crippen LogP) is 4.88. The van der Waals surface area contributed by atoms with Crippen molar-refractivity contribution in [2.45, 2.75) is 24.3 Å². The van der Waals surface area contributed by atoms with E-state index >= 15 is 0 Å². The second kappa shape index (κ2) is 7.91. The maximum Gasteiger partial charge on any atom is 0.410 e. The molecule has 2 aliphatic rings. The molecule has 1 N–H and O–H groups in total. The molecule has 5 rings (SSSR count). The van der Waals surface area contributed by atoms with E-state index in [1.165, 1.54) is 4.90 Å². The molecule has 1 fully saturated rings. The standard InChI is InChI=1S/C26H23NO4/c28-25(29)24-14-18(17-8-2-1-3-9-17)15-27(24)26(30)31-16-23-21-12-6-4-10-19(21)20-11-5-7-13-22(20)23/h1-13,18,23-24H,14-16H2,(H,28,29)/t18?,24-/m0/s1. The van der Waals surface area contributed by atoms with E-state index in [4.69, 9.17) is 4.74 Å². The molecule has 0 aromatic heterocycles. The van der Waals surface area contributed by atoms with Crippen LogP contribution in [0.4, 0.5) is 4.79 Å². The van der Waals surface area contributed by atoms with E-state index in [2.05, 4.69) is 24.3 Å². The van der Waals surface area contributed by atoms with Crippen LogP contribution in [0.2, 0.25) is 0 Å². The van der Waals surface area contributed by atoms with E-state index in [1.807, 2.05) is 54.6 Å². The molecular formula is C26H23NO4. The minimum absolute atomic E-state index is 0.0113. The molecule has 2 atom stereocenters. The van der Waals surface area contributed by atoms with Gasteiger partial charge in [0, 0.05) is 18.4 Å². The number of hydrogen-bond acceptors (Lipinski definition) is 3. The van der Waals surface area contributed by atoms with Gasteiger partial charge in [0.1, 0.15) is 12.6 Å². The lowest BCUT2D eigenvalue weighted by atomic mass is 9.96. The molecule has 156 valence electrons. The Morgan fingerprint density at radius 1 is 0.871 bits per heavy atom. The number of rotatable bonds is 4. The molecule has 5 heteroatoms. The van der Waals surface area contributed by atoms with Gasteiger partial charge in [-0.25, -0.2) is 9.59 Å². The second-order valence-corrected chi connectivity index (χ2v) is 8.15. The molecule has 3 aromatic rings. The summed E-state index contributed by atoms with van der Waals surface area (Å²) in [6.07, 6.45) is -0.170. The number of carbonyl (C=O) groups is 2. The molecule has 1 unspecified atom stereocenters. The van der Waals surface area contributed by atoms with E-state index in [1.54, 1.807) is 0 Å². The summed E-state index contributed by atoms with van der Waals surface area (Å²) in [5.74, 6) is -1.05. The van der Waals surface area contributed by atoms with Crippen molar-refractivity contribution in [3.8, 4) is 11.1 Å². The lowest BCUT2D eigenvalue weighted by Gasteiger charge is -2.22. The molecule has 0 spiro atoms. The molecular weight excluding hydrogens is 390 g/mol. The van der Waals surface area contributed by atoms with E-state index in [-0.39, 0.29) is 18.4 Å². The monoisotopic (exact) mass is 413 g/mol. The molecule has 1 aliphatic carbocycles. The van der Waals surface area contributed by atoms with Gasteiger partial charge < -0.3 is 9.84 Å². The number of fused-ring (bicyclic) bond motifs is 3.